The van der Waals surface area contributed by atoms with Crippen molar-refractivity contribution in [2.24, 2.45) is 0 Å². The quantitative estimate of drug-likeness (QED) is 0.841. The average molecular weight is 335 g/mol. The number of sulfonamides is 1. The summed E-state index contributed by atoms with van der Waals surface area (Å²) < 4.78 is 26.6. The Morgan fingerprint density at radius 1 is 1.09 bits per heavy atom. The number of nitrogens with zero attached hydrogens (tertiary/aromatic N) is 1. The summed E-state index contributed by atoms with van der Waals surface area (Å²) in [5.74, 6) is 0. The molecule has 0 aliphatic heterocycles. The van der Waals surface area contributed by atoms with Crippen LogP contribution in [0.15, 0.2) is 59.5 Å². The lowest BCUT2D eigenvalue weighted by atomic mass is 10.3. The SMILES string of the molecule is CNC(=S)Nc1cccc(S(=O)(=O)N(C)c2ccccc2)c1. The second-order valence-corrected chi connectivity index (χ2v) is 6.92. The van der Waals surface area contributed by atoms with Gasteiger partial charge in [-0.15, -0.1) is 0 Å². The van der Waals surface area contributed by atoms with Crippen LogP contribution in [0.1, 0.15) is 0 Å². The maximum atomic E-state index is 12.7. The van der Waals surface area contributed by atoms with Gasteiger partial charge < -0.3 is 10.6 Å². The monoisotopic (exact) mass is 335 g/mol. The van der Waals surface area contributed by atoms with Crippen LogP contribution in [0.4, 0.5) is 11.4 Å². The lowest BCUT2D eigenvalue weighted by molar-refractivity contribution is 0.594. The molecule has 0 heterocycles. The Bertz CT molecular complexity index is 761. The molecule has 5 nitrogen and oxygen atoms in total. The van der Waals surface area contributed by atoms with Gasteiger partial charge in [0.05, 0.1) is 10.6 Å². The van der Waals surface area contributed by atoms with Crippen LogP contribution in [0.5, 0.6) is 0 Å². The third kappa shape index (κ3) is 3.55. The molecule has 2 rings (SSSR count). The van der Waals surface area contributed by atoms with Gasteiger partial charge >= 0.3 is 0 Å². The van der Waals surface area contributed by atoms with Gasteiger partial charge in [0.15, 0.2) is 5.11 Å². The highest BCUT2D eigenvalue weighted by Crippen LogP contribution is 2.23. The van der Waals surface area contributed by atoms with Gasteiger partial charge in [-0.05, 0) is 42.5 Å². The fraction of sp³-hybridized carbons (Fsp3) is 0.133. The van der Waals surface area contributed by atoms with Crippen LogP contribution in [0, 0.1) is 0 Å². The molecule has 0 aliphatic rings. The third-order valence-electron chi connectivity index (χ3n) is 3.10. The van der Waals surface area contributed by atoms with E-state index in [0.29, 0.717) is 16.5 Å². The van der Waals surface area contributed by atoms with Crippen molar-refractivity contribution in [3.63, 3.8) is 0 Å². The first-order valence-electron chi connectivity index (χ1n) is 6.58. The van der Waals surface area contributed by atoms with Crippen LogP contribution >= 0.6 is 12.2 Å². The highest BCUT2D eigenvalue weighted by atomic mass is 32.2. The summed E-state index contributed by atoms with van der Waals surface area (Å²) in [7, 11) is -0.403. The van der Waals surface area contributed by atoms with Crippen molar-refractivity contribution in [2.45, 2.75) is 4.90 Å². The van der Waals surface area contributed by atoms with Crippen molar-refractivity contribution in [1.29, 1.82) is 0 Å². The van der Waals surface area contributed by atoms with Gasteiger partial charge in [0.2, 0.25) is 0 Å². The smallest absolute Gasteiger partial charge is 0.264 e. The zero-order valence-corrected chi connectivity index (χ0v) is 13.9. The van der Waals surface area contributed by atoms with Crippen molar-refractivity contribution < 1.29 is 8.42 Å². The van der Waals surface area contributed by atoms with E-state index >= 15 is 0 Å². The average Bonchev–Trinajstić information content (AvgIpc) is 2.55. The fourth-order valence-electron chi connectivity index (χ4n) is 1.86. The van der Waals surface area contributed by atoms with Crippen molar-refractivity contribution in [3.05, 3.63) is 54.6 Å². The molecule has 0 atom stereocenters. The van der Waals surface area contributed by atoms with Gasteiger partial charge in [-0.1, -0.05) is 24.3 Å². The molecule has 0 unspecified atom stereocenters. The zero-order chi connectivity index (χ0) is 16.2. The van der Waals surface area contributed by atoms with E-state index in [9.17, 15) is 8.42 Å². The Hall–Kier alpha value is -2.12. The molecule has 0 spiro atoms. The van der Waals surface area contributed by atoms with Crippen LogP contribution in [0.2, 0.25) is 0 Å². The molecule has 2 N–H and O–H groups in total. The number of nitrogens with one attached hydrogen (secondary N) is 2. The molecule has 0 radical (unpaired) electrons. The van der Waals surface area contributed by atoms with E-state index in [1.54, 1.807) is 55.6 Å². The molecule has 2 aromatic carbocycles. The van der Waals surface area contributed by atoms with E-state index < -0.39 is 10.0 Å². The van der Waals surface area contributed by atoms with Crippen LogP contribution in [-0.2, 0) is 10.0 Å². The minimum absolute atomic E-state index is 0.197. The second-order valence-electron chi connectivity index (χ2n) is 4.54. The number of hydrogen-bond donors (Lipinski definition) is 2. The Morgan fingerprint density at radius 3 is 2.41 bits per heavy atom. The van der Waals surface area contributed by atoms with Crippen molar-refractivity contribution in [1.82, 2.24) is 5.32 Å². The maximum Gasteiger partial charge on any atom is 0.264 e. The van der Waals surface area contributed by atoms with Gasteiger partial charge in [-0.2, -0.15) is 0 Å². The first kappa shape index (κ1) is 16.3. The number of para-hydroxylation sites is 1. The van der Waals surface area contributed by atoms with Gasteiger partial charge in [-0.3, -0.25) is 4.31 Å². The predicted molar refractivity (Wildman–Crippen MR) is 93.8 cm³/mol. The Kier molecular flexibility index (Phi) is 4.99. The molecular weight excluding hydrogens is 318 g/mol. The van der Waals surface area contributed by atoms with E-state index in [0.717, 1.165) is 0 Å². The van der Waals surface area contributed by atoms with Crippen molar-refractivity contribution in [2.75, 3.05) is 23.7 Å². The molecule has 0 aromatic heterocycles. The Morgan fingerprint density at radius 2 is 1.77 bits per heavy atom. The summed E-state index contributed by atoms with van der Waals surface area (Å²) in [6, 6.07) is 15.5. The summed E-state index contributed by atoms with van der Waals surface area (Å²) >= 11 is 5.02. The molecule has 0 fully saturated rings. The first-order valence-corrected chi connectivity index (χ1v) is 8.43. The predicted octanol–water partition coefficient (Wildman–Crippen LogP) is 2.43. The molecule has 22 heavy (non-hydrogen) atoms. The molecule has 7 heteroatoms. The summed E-state index contributed by atoms with van der Waals surface area (Å²) in [4.78, 5) is 0.197. The lowest BCUT2D eigenvalue weighted by Crippen LogP contribution is -2.27. The number of thiocarbonyl (C=S) groups is 1. The molecule has 0 saturated heterocycles. The Labute approximate surface area is 136 Å². The lowest BCUT2D eigenvalue weighted by Gasteiger charge is -2.20. The van der Waals surface area contributed by atoms with Gasteiger partial charge in [0.25, 0.3) is 10.0 Å². The van der Waals surface area contributed by atoms with Gasteiger partial charge in [0.1, 0.15) is 0 Å². The number of hydrogen-bond acceptors (Lipinski definition) is 3. The second kappa shape index (κ2) is 6.76. The molecule has 0 aliphatic carbocycles. The molecule has 0 amide bonds. The normalized spacial score (nSPS) is 10.8. The number of rotatable bonds is 4. The summed E-state index contributed by atoms with van der Waals surface area (Å²) in [5, 5.41) is 6.12. The van der Waals surface area contributed by atoms with E-state index in [1.165, 1.54) is 11.4 Å². The number of benzene rings is 2. The minimum Gasteiger partial charge on any atom is -0.366 e. The van der Waals surface area contributed by atoms with Gasteiger partial charge in [-0.25, -0.2) is 8.42 Å². The van der Waals surface area contributed by atoms with E-state index in [4.69, 9.17) is 12.2 Å². The first-order chi connectivity index (χ1) is 10.4. The number of anilines is 2. The summed E-state index contributed by atoms with van der Waals surface area (Å²) in [6.07, 6.45) is 0. The maximum absolute atomic E-state index is 12.7. The molecule has 0 saturated carbocycles. The molecule has 2 aromatic rings. The highest BCUT2D eigenvalue weighted by molar-refractivity contribution is 7.92. The standard InChI is InChI=1S/C15H17N3O2S2/c1-16-15(21)17-12-7-6-10-14(11-12)22(19,20)18(2)13-8-4-3-5-9-13/h3-11H,1-2H3,(H2,16,17,21). The van der Waals surface area contributed by atoms with Gasteiger partial charge in [0, 0.05) is 19.8 Å². The van der Waals surface area contributed by atoms with Crippen LogP contribution in [0.25, 0.3) is 0 Å². The zero-order valence-electron chi connectivity index (χ0n) is 12.3. The topological polar surface area (TPSA) is 61.4 Å². The highest BCUT2D eigenvalue weighted by Gasteiger charge is 2.21. The Balaban J connectivity index is 2.33. The van der Waals surface area contributed by atoms with Crippen LogP contribution in [0.3, 0.4) is 0 Å². The van der Waals surface area contributed by atoms with E-state index in [-0.39, 0.29) is 4.90 Å². The van der Waals surface area contributed by atoms with Crippen LogP contribution in [-0.4, -0.2) is 27.6 Å². The third-order valence-corrected chi connectivity index (χ3v) is 5.18. The molecule has 116 valence electrons. The van der Waals surface area contributed by atoms with Crippen molar-refractivity contribution in [3.8, 4) is 0 Å². The largest absolute Gasteiger partial charge is 0.366 e. The van der Waals surface area contributed by atoms with E-state index in [2.05, 4.69) is 10.6 Å². The molecule has 0 bridgehead atoms. The van der Waals surface area contributed by atoms with E-state index in [1.807, 2.05) is 6.07 Å². The summed E-state index contributed by atoms with van der Waals surface area (Å²) in [5.41, 5.74) is 1.22. The minimum atomic E-state index is -3.63. The molecular formula is C15H17N3O2S2. The fourth-order valence-corrected chi connectivity index (χ4v) is 3.22. The summed E-state index contributed by atoms with van der Waals surface area (Å²) in [6.45, 7) is 0. The van der Waals surface area contributed by atoms with Crippen molar-refractivity contribution >= 4 is 38.7 Å². The van der Waals surface area contributed by atoms with Crippen LogP contribution < -0.4 is 14.9 Å².